The second kappa shape index (κ2) is 7.73. The maximum absolute atomic E-state index is 13.1. The average molecular weight is 412 g/mol. The Morgan fingerprint density at radius 1 is 1.07 bits per heavy atom. The van der Waals surface area contributed by atoms with Crippen molar-refractivity contribution in [1.82, 2.24) is 14.8 Å². The second-order valence-electron chi connectivity index (χ2n) is 8.06. The molecule has 0 radical (unpaired) electrons. The zero-order valence-corrected chi connectivity index (χ0v) is 17.5. The molecule has 1 amide bonds. The number of amides is 1. The minimum Gasteiger partial charge on any atom is -0.497 e. The molecular formula is C23H26ClN3O2. The van der Waals surface area contributed by atoms with Gasteiger partial charge in [-0.1, -0.05) is 30.3 Å². The van der Waals surface area contributed by atoms with Crippen LogP contribution in [0.4, 0.5) is 0 Å². The van der Waals surface area contributed by atoms with Crippen molar-refractivity contribution >= 4 is 29.2 Å². The third-order valence-corrected chi connectivity index (χ3v) is 6.40. The Hall–Kier alpha value is -2.50. The summed E-state index contributed by atoms with van der Waals surface area (Å²) >= 11 is 0. The standard InChI is InChI=1S/C23H25N3O2.ClH/c1-25-12-17-13-26(23(27)21-11-16-5-3-4-6-20(16)24-21)14-19(17)22(25)15-7-9-18(28-2)10-8-15;/h3-11,17,19,22,24H,12-14H2,1-2H3;1H/t17-,19+,22-;/m0./s1. The van der Waals surface area contributed by atoms with Gasteiger partial charge in [0.25, 0.3) is 5.91 Å². The predicted molar refractivity (Wildman–Crippen MR) is 117 cm³/mol. The summed E-state index contributed by atoms with van der Waals surface area (Å²) in [5, 5.41) is 1.08. The minimum atomic E-state index is 0. The van der Waals surface area contributed by atoms with Gasteiger partial charge in [-0.05, 0) is 42.8 Å². The predicted octanol–water partition coefficient (Wildman–Crippen LogP) is 3.97. The summed E-state index contributed by atoms with van der Waals surface area (Å²) in [7, 11) is 3.88. The molecule has 3 heterocycles. The van der Waals surface area contributed by atoms with E-state index in [2.05, 4.69) is 29.1 Å². The highest BCUT2D eigenvalue weighted by Crippen LogP contribution is 2.44. The summed E-state index contributed by atoms with van der Waals surface area (Å²) < 4.78 is 5.30. The fourth-order valence-corrected chi connectivity index (χ4v) is 5.09. The van der Waals surface area contributed by atoms with E-state index in [4.69, 9.17) is 4.74 Å². The maximum Gasteiger partial charge on any atom is 0.270 e. The van der Waals surface area contributed by atoms with Gasteiger partial charge in [0.15, 0.2) is 0 Å². The molecule has 2 aliphatic heterocycles. The van der Waals surface area contributed by atoms with Crippen LogP contribution in [-0.2, 0) is 0 Å². The van der Waals surface area contributed by atoms with E-state index in [-0.39, 0.29) is 18.3 Å². The van der Waals surface area contributed by atoms with Crippen LogP contribution in [0.25, 0.3) is 10.9 Å². The van der Waals surface area contributed by atoms with Crippen molar-refractivity contribution in [2.75, 3.05) is 33.8 Å². The van der Waals surface area contributed by atoms with E-state index in [1.54, 1.807) is 7.11 Å². The molecule has 2 fully saturated rings. The van der Waals surface area contributed by atoms with E-state index >= 15 is 0 Å². The molecule has 0 aliphatic carbocycles. The van der Waals surface area contributed by atoms with Gasteiger partial charge in [0.05, 0.1) is 7.11 Å². The number of ether oxygens (including phenoxy) is 1. The number of hydrogen-bond acceptors (Lipinski definition) is 3. The first-order valence-corrected chi connectivity index (χ1v) is 9.85. The van der Waals surface area contributed by atoms with E-state index in [0.717, 1.165) is 36.3 Å². The molecule has 2 saturated heterocycles. The van der Waals surface area contributed by atoms with Crippen LogP contribution in [0.5, 0.6) is 5.75 Å². The third-order valence-electron chi connectivity index (χ3n) is 6.40. The van der Waals surface area contributed by atoms with Crippen LogP contribution in [0.1, 0.15) is 22.1 Å². The highest BCUT2D eigenvalue weighted by molar-refractivity contribution is 5.98. The molecule has 6 heteroatoms. The van der Waals surface area contributed by atoms with Crippen LogP contribution >= 0.6 is 12.4 Å². The molecule has 5 rings (SSSR count). The lowest BCUT2D eigenvalue weighted by Crippen LogP contribution is -2.33. The van der Waals surface area contributed by atoms with Crippen LogP contribution in [-0.4, -0.2) is 54.5 Å². The monoisotopic (exact) mass is 411 g/mol. The van der Waals surface area contributed by atoms with Crippen molar-refractivity contribution in [3.8, 4) is 5.75 Å². The molecule has 152 valence electrons. The Morgan fingerprint density at radius 2 is 1.83 bits per heavy atom. The fraction of sp³-hybridized carbons (Fsp3) is 0.348. The van der Waals surface area contributed by atoms with Gasteiger partial charge in [0.2, 0.25) is 0 Å². The summed E-state index contributed by atoms with van der Waals surface area (Å²) in [4.78, 5) is 20.9. The van der Waals surface area contributed by atoms with Gasteiger partial charge >= 0.3 is 0 Å². The Balaban J connectivity index is 0.00000205. The quantitative estimate of drug-likeness (QED) is 0.709. The number of methoxy groups -OCH3 is 1. The Kier molecular flexibility index (Phi) is 5.28. The van der Waals surface area contributed by atoms with E-state index in [0.29, 0.717) is 23.6 Å². The first-order chi connectivity index (χ1) is 13.6. The fourth-order valence-electron chi connectivity index (χ4n) is 5.09. The molecule has 2 aromatic carbocycles. The number of hydrogen-bond donors (Lipinski definition) is 1. The van der Waals surface area contributed by atoms with Gasteiger partial charge in [0, 0.05) is 42.5 Å². The molecule has 29 heavy (non-hydrogen) atoms. The number of likely N-dealkylation sites (tertiary alicyclic amines) is 2. The number of nitrogens with one attached hydrogen (secondary N) is 1. The van der Waals surface area contributed by atoms with E-state index in [1.807, 2.05) is 47.4 Å². The molecule has 3 aromatic rings. The number of rotatable bonds is 3. The maximum atomic E-state index is 13.1. The number of fused-ring (bicyclic) bond motifs is 2. The molecule has 0 bridgehead atoms. The largest absolute Gasteiger partial charge is 0.497 e. The van der Waals surface area contributed by atoms with Crippen molar-refractivity contribution < 1.29 is 9.53 Å². The Labute approximate surface area is 177 Å². The number of benzene rings is 2. The van der Waals surface area contributed by atoms with Crippen LogP contribution in [0.3, 0.4) is 0 Å². The molecule has 5 nitrogen and oxygen atoms in total. The lowest BCUT2D eigenvalue weighted by Gasteiger charge is -2.27. The number of carbonyl (C=O) groups is 1. The zero-order chi connectivity index (χ0) is 19.3. The van der Waals surface area contributed by atoms with Crippen LogP contribution in [0.2, 0.25) is 0 Å². The van der Waals surface area contributed by atoms with E-state index < -0.39 is 0 Å². The molecular weight excluding hydrogens is 386 g/mol. The summed E-state index contributed by atoms with van der Waals surface area (Å²) in [5.74, 6) is 1.97. The van der Waals surface area contributed by atoms with Crippen molar-refractivity contribution in [2.45, 2.75) is 6.04 Å². The smallest absolute Gasteiger partial charge is 0.270 e. The van der Waals surface area contributed by atoms with E-state index in [1.165, 1.54) is 5.56 Å². The Morgan fingerprint density at radius 3 is 2.55 bits per heavy atom. The molecule has 2 aliphatic rings. The molecule has 1 aromatic heterocycles. The molecule has 3 atom stereocenters. The number of H-pyrrole nitrogens is 1. The van der Waals surface area contributed by atoms with Crippen molar-refractivity contribution in [3.63, 3.8) is 0 Å². The lowest BCUT2D eigenvalue weighted by atomic mass is 9.89. The Bertz CT molecular complexity index is 983. The van der Waals surface area contributed by atoms with Crippen molar-refractivity contribution in [1.29, 1.82) is 0 Å². The number of nitrogens with zero attached hydrogens (tertiary/aromatic N) is 2. The first-order valence-electron chi connectivity index (χ1n) is 9.85. The van der Waals surface area contributed by atoms with Crippen molar-refractivity contribution in [2.24, 2.45) is 11.8 Å². The number of para-hydroxylation sites is 1. The normalized spacial score (nSPS) is 23.8. The summed E-state index contributed by atoms with van der Waals surface area (Å²) in [5.41, 5.74) is 3.01. The number of halogens is 1. The number of aromatic amines is 1. The van der Waals surface area contributed by atoms with Crippen LogP contribution in [0, 0.1) is 11.8 Å². The average Bonchev–Trinajstić information content (AvgIpc) is 3.39. The van der Waals surface area contributed by atoms with Crippen LogP contribution in [0.15, 0.2) is 54.6 Å². The molecule has 1 N–H and O–H groups in total. The zero-order valence-electron chi connectivity index (χ0n) is 16.7. The number of carbonyl (C=O) groups excluding carboxylic acids is 1. The molecule has 0 spiro atoms. The highest BCUT2D eigenvalue weighted by atomic mass is 35.5. The SMILES string of the molecule is COc1ccc([C@H]2[C@@H]3CN(C(=O)c4cc5ccccc5[nH]4)C[C@@H]3CN2C)cc1.Cl. The van der Waals surface area contributed by atoms with Gasteiger partial charge in [-0.25, -0.2) is 0 Å². The second-order valence-corrected chi connectivity index (χ2v) is 8.06. The van der Waals surface area contributed by atoms with Gasteiger partial charge in [-0.3, -0.25) is 9.69 Å². The van der Waals surface area contributed by atoms with Gasteiger partial charge < -0.3 is 14.6 Å². The minimum absolute atomic E-state index is 0. The van der Waals surface area contributed by atoms with Crippen LogP contribution < -0.4 is 4.74 Å². The van der Waals surface area contributed by atoms with Gasteiger partial charge in [-0.2, -0.15) is 0 Å². The summed E-state index contributed by atoms with van der Waals surface area (Å²) in [6, 6.07) is 18.7. The molecule has 0 unspecified atom stereocenters. The van der Waals surface area contributed by atoms with Gasteiger partial charge in [0.1, 0.15) is 11.4 Å². The van der Waals surface area contributed by atoms with Gasteiger partial charge in [-0.15, -0.1) is 12.4 Å². The third kappa shape index (κ3) is 3.38. The topological polar surface area (TPSA) is 48.6 Å². The van der Waals surface area contributed by atoms with E-state index in [9.17, 15) is 4.79 Å². The highest BCUT2D eigenvalue weighted by Gasteiger charge is 2.47. The van der Waals surface area contributed by atoms with Crippen molar-refractivity contribution in [3.05, 3.63) is 65.9 Å². The number of aromatic nitrogens is 1. The first kappa shape index (κ1) is 19.8. The summed E-state index contributed by atoms with van der Waals surface area (Å²) in [6.45, 7) is 2.66. The lowest BCUT2D eigenvalue weighted by molar-refractivity contribution is 0.0763. The summed E-state index contributed by atoms with van der Waals surface area (Å²) in [6.07, 6.45) is 0. The molecule has 0 saturated carbocycles.